The zero-order chi connectivity index (χ0) is 20.8. The molecule has 28 heavy (non-hydrogen) atoms. The van der Waals surface area contributed by atoms with Crippen molar-refractivity contribution in [1.82, 2.24) is 5.32 Å². The summed E-state index contributed by atoms with van der Waals surface area (Å²) in [6.07, 6.45) is -4.39. The lowest BCUT2D eigenvalue weighted by Gasteiger charge is -2.26. The Labute approximate surface area is 166 Å². The molecule has 1 N–H and O–H groups in total. The largest absolute Gasteiger partial charge is 0.416 e. The number of thioether (sulfide) groups is 1. The van der Waals surface area contributed by atoms with Crippen molar-refractivity contribution in [2.75, 3.05) is 12.3 Å². The van der Waals surface area contributed by atoms with Gasteiger partial charge in [0.15, 0.2) is 0 Å². The molecule has 148 valence electrons. The number of benzene rings is 2. The smallest absolute Gasteiger partial charge is 0.355 e. The normalized spacial score (nSPS) is 11.7. The number of nitrogens with zero attached hydrogens (tertiary/aromatic N) is 1. The molecule has 0 aliphatic rings. The molecule has 0 heterocycles. The van der Waals surface area contributed by atoms with E-state index in [1.54, 1.807) is 32.0 Å². The van der Waals surface area contributed by atoms with Gasteiger partial charge >= 0.3 is 6.18 Å². The number of alkyl halides is 3. The Kier molecular flexibility index (Phi) is 7.14. The van der Waals surface area contributed by atoms with Crippen LogP contribution in [0.1, 0.15) is 36.1 Å². The van der Waals surface area contributed by atoms with Crippen molar-refractivity contribution in [3.05, 3.63) is 70.8 Å². The fraction of sp³-hybridized carbons (Fsp3) is 0.333. The molecule has 0 unspecified atom stereocenters. The van der Waals surface area contributed by atoms with Crippen molar-refractivity contribution < 1.29 is 18.0 Å². The summed E-state index contributed by atoms with van der Waals surface area (Å²) in [5, 5.41) is 11.6. The first-order chi connectivity index (χ1) is 13.1. The lowest BCUT2D eigenvalue weighted by Crippen LogP contribution is -2.37. The predicted octanol–water partition coefficient (Wildman–Crippen LogP) is 4.90. The fourth-order valence-electron chi connectivity index (χ4n) is 2.53. The first-order valence-corrected chi connectivity index (χ1v) is 9.78. The van der Waals surface area contributed by atoms with Crippen LogP contribution in [0, 0.1) is 11.3 Å². The Morgan fingerprint density at radius 1 is 1.11 bits per heavy atom. The average molecular weight is 406 g/mol. The van der Waals surface area contributed by atoms with Crippen LogP contribution in [0.3, 0.4) is 0 Å². The Bertz CT molecular complexity index is 855. The summed E-state index contributed by atoms with van der Waals surface area (Å²) in [4.78, 5) is 12.1. The standard InChI is InChI=1S/C21H21F3N2OS/c1-20(2,17-4-3-5-18(10-17)21(22,23)24)14-26-19(27)13-28-12-16-8-6-15(11-25)7-9-16/h3-10H,12-14H2,1-2H3,(H,26,27). The van der Waals surface area contributed by atoms with E-state index in [2.05, 4.69) is 11.4 Å². The second-order valence-corrected chi connectivity index (χ2v) is 8.03. The highest BCUT2D eigenvalue weighted by Gasteiger charge is 2.32. The van der Waals surface area contributed by atoms with Gasteiger partial charge in [-0.15, -0.1) is 11.8 Å². The minimum atomic E-state index is -4.39. The number of hydrogen-bond acceptors (Lipinski definition) is 3. The van der Waals surface area contributed by atoms with Crippen molar-refractivity contribution in [1.29, 1.82) is 5.26 Å². The van der Waals surface area contributed by atoms with Gasteiger partial charge in [-0.1, -0.05) is 44.2 Å². The van der Waals surface area contributed by atoms with Crippen LogP contribution < -0.4 is 5.32 Å². The fourth-order valence-corrected chi connectivity index (χ4v) is 3.34. The monoisotopic (exact) mass is 406 g/mol. The zero-order valence-corrected chi connectivity index (χ0v) is 16.5. The maximum Gasteiger partial charge on any atom is 0.416 e. The van der Waals surface area contributed by atoms with Gasteiger partial charge in [0.05, 0.1) is 22.9 Å². The molecule has 7 heteroatoms. The molecule has 1 amide bonds. The maximum absolute atomic E-state index is 12.9. The van der Waals surface area contributed by atoms with Gasteiger partial charge in [0, 0.05) is 17.7 Å². The molecule has 0 atom stereocenters. The molecule has 2 aromatic carbocycles. The van der Waals surface area contributed by atoms with Gasteiger partial charge in [-0.2, -0.15) is 18.4 Å². The summed E-state index contributed by atoms with van der Waals surface area (Å²) in [6.45, 7) is 3.84. The molecular weight excluding hydrogens is 385 g/mol. The van der Waals surface area contributed by atoms with Gasteiger partial charge in [-0.05, 0) is 29.3 Å². The summed E-state index contributed by atoms with van der Waals surface area (Å²) in [7, 11) is 0. The number of nitriles is 1. The van der Waals surface area contributed by atoms with E-state index in [1.807, 2.05) is 12.1 Å². The molecule has 0 spiro atoms. The zero-order valence-electron chi connectivity index (χ0n) is 15.6. The lowest BCUT2D eigenvalue weighted by atomic mass is 9.83. The third kappa shape index (κ3) is 6.31. The van der Waals surface area contributed by atoms with E-state index in [0.29, 0.717) is 16.9 Å². The Morgan fingerprint density at radius 2 is 1.75 bits per heavy atom. The number of amides is 1. The Morgan fingerprint density at radius 3 is 2.36 bits per heavy atom. The SMILES string of the molecule is CC(C)(CNC(=O)CSCc1ccc(C#N)cc1)c1cccc(C(F)(F)F)c1. The Hall–Kier alpha value is -2.46. The number of rotatable bonds is 7. The van der Waals surface area contributed by atoms with Crippen molar-refractivity contribution in [2.45, 2.75) is 31.2 Å². The summed E-state index contributed by atoms with van der Waals surface area (Å²) < 4.78 is 38.7. The van der Waals surface area contributed by atoms with Gasteiger partial charge in [-0.25, -0.2) is 0 Å². The van der Waals surface area contributed by atoms with Crippen LogP contribution in [-0.2, 0) is 22.1 Å². The van der Waals surface area contributed by atoms with Gasteiger partial charge < -0.3 is 5.32 Å². The van der Waals surface area contributed by atoms with Crippen molar-refractivity contribution >= 4 is 17.7 Å². The molecule has 0 aliphatic heterocycles. The summed E-state index contributed by atoms with van der Waals surface area (Å²) >= 11 is 1.44. The average Bonchev–Trinajstić information content (AvgIpc) is 2.66. The third-order valence-electron chi connectivity index (χ3n) is 4.28. The molecule has 0 saturated heterocycles. The summed E-state index contributed by atoms with van der Waals surface area (Å²) in [5.41, 5.74) is 0.800. The minimum Gasteiger partial charge on any atom is -0.355 e. The highest BCUT2D eigenvalue weighted by Crippen LogP contribution is 2.32. The second kappa shape index (κ2) is 9.16. The quantitative estimate of drug-likeness (QED) is 0.711. The van der Waals surface area contributed by atoms with Gasteiger partial charge in [-0.3, -0.25) is 4.79 Å². The number of carbonyl (C=O) groups is 1. The molecule has 0 saturated carbocycles. The van der Waals surface area contributed by atoms with Crippen LogP contribution in [0.15, 0.2) is 48.5 Å². The highest BCUT2D eigenvalue weighted by molar-refractivity contribution is 7.99. The first-order valence-electron chi connectivity index (χ1n) is 8.63. The van der Waals surface area contributed by atoms with Crippen molar-refractivity contribution in [2.24, 2.45) is 0 Å². The first kappa shape index (κ1) is 21.8. The topological polar surface area (TPSA) is 52.9 Å². The summed E-state index contributed by atoms with van der Waals surface area (Å²) in [6, 6.07) is 14.4. The van der Waals surface area contributed by atoms with Gasteiger partial charge in [0.25, 0.3) is 0 Å². The van der Waals surface area contributed by atoms with E-state index in [0.717, 1.165) is 17.7 Å². The molecule has 0 fully saturated rings. The lowest BCUT2D eigenvalue weighted by molar-refractivity contribution is -0.137. The molecular formula is C21H21F3N2OS. The predicted molar refractivity (Wildman–Crippen MR) is 105 cm³/mol. The maximum atomic E-state index is 12.9. The molecule has 0 aromatic heterocycles. The van der Waals surface area contributed by atoms with E-state index in [9.17, 15) is 18.0 Å². The van der Waals surface area contributed by atoms with Crippen LogP contribution >= 0.6 is 11.8 Å². The van der Waals surface area contributed by atoms with Crippen molar-refractivity contribution in [3.63, 3.8) is 0 Å². The van der Waals surface area contributed by atoms with Crippen molar-refractivity contribution in [3.8, 4) is 6.07 Å². The number of halogens is 3. The number of carbonyl (C=O) groups excluding carboxylic acids is 1. The van der Waals surface area contributed by atoms with Crippen LogP contribution in [0.2, 0.25) is 0 Å². The van der Waals surface area contributed by atoms with E-state index in [-0.39, 0.29) is 18.2 Å². The summed E-state index contributed by atoms with van der Waals surface area (Å²) in [5.74, 6) is 0.716. The minimum absolute atomic E-state index is 0.168. The highest BCUT2D eigenvalue weighted by atomic mass is 32.2. The van der Waals surface area contributed by atoms with Crippen LogP contribution in [0.5, 0.6) is 0 Å². The van der Waals surface area contributed by atoms with Gasteiger partial charge in [0.1, 0.15) is 0 Å². The van der Waals surface area contributed by atoms with E-state index in [4.69, 9.17) is 5.26 Å². The second-order valence-electron chi connectivity index (χ2n) is 7.04. The van der Waals surface area contributed by atoms with Crippen LogP contribution in [0.4, 0.5) is 13.2 Å². The van der Waals surface area contributed by atoms with E-state index < -0.39 is 17.2 Å². The Balaban J connectivity index is 1.84. The van der Waals surface area contributed by atoms with Crippen LogP contribution in [-0.4, -0.2) is 18.2 Å². The van der Waals surface area contributed by atoms with Crippen LogP contribution in [0.25, 0.3) is 0 Å². The molecule has 3 nitrogen and oxygen atoms in total. The van der Waals surface area contributed by atoms with Gasteiger partial charge in [0.2, 0.25) is 5.91 Å². The van der Waals surface area contributed by atoms with E-state index >= 15 is 0 Å². The number of nitrogens with one attached hydrogen (secondary N) is 1. The molecule has 2 aromatic rings. The molecule has 2 rings (SSSR count). The molecule has 0 radical (unpaired) electrons. The number of hydrogen-bond donors (Lipinski definition) is 1. The van der Waals surface area contributed by atoms with E-state index in [1.165, 1.54) is 17.8 Å². The molecule has 0 bridgehead atoms. The molecule has 0 aliphatic carbocycles. The third-order valence-corrected chi connectivity index (χ3v) is 5.29.